The van der Waals surface area contributed by atoms with Crippen LogP contribution in [-0.2, 0) is 6.42 Å². The van der Waals surface area contributed by atoms with Crippen LogP contribution in [0.25, 0.3) is 16.7 Å². The molecule has 0 unspecified atom stereocenters. The van der Waals surface area contributed by atoms with Gasteiger partial charge in [0.2, 0.25) is 0 Å². The van der Waals surface area contributed by atoms with Gasteiger partial charge in [-0.3, -0.25) is 0 Å². The lowest BCUT2D eigenvalue weighted by Crippen LogP contribution is -2.38. The van der Waals surface area contributed by atoms with Gasteiger partial charge in [0.05, 0.1) is 23.9 Å². The second kappa shape index (κ2) is 10.9. The first kappa shape index (κ1) is 24.5. The van der Waals surface area contributed by atoms with E-state index in [9.17, 15) is 4.79 Å². The van der Waals surface area contributed by atoms with E-state index in [0.717, 1.165) is 71.3 Å². The molecule has 1 aliphatic rings. The predicted octanol–water partition coefficient (Wildman–Crippen LogP) is 4.83. The van der Waals surface area contributed by atoms with E-state index >= 15 is 0 Å². The van der Waals surface area contributed by atoms with Crippen LogP contribution in [0.2, 0.25) is 0 Å². The van der Waals surface area contributed by atoms with E-state index in [1.807, 2.05) is 71.1 Å². The van der Waals surface area contributed by atoms with Crippen molar-refractivity contribution in [3.05, 3.63) is 66.1 Å². The predicted molar refractivity (Wildman–Crippen MR) is 146 cm³/mol. The van der Waals surface area contributed by atoms with E-state index in [0.29, 0.717) is 19.6 Å². The van der Waals surface area contributed by atoms with Crippen molar-refractivity contribution >= 4 is 28.6 Å². The molecule has 2 aromatic heterocycles. The van der Waals surface area contributed by atoms with Gasteiger partial charge in [-0.2, -0.15) is 5.10 Å². The van der Waals surface area contributed by atoms with Gasteiger partial charge >= 0.3 is 6.03 Å². The fourth-order valence-corrected chi connectivity index (χ4v) is 4.73. The highest BCUT2D eigenvalue weighted by Crippen LogP contribution is 2.30. The fraction of sp³-hybridized carbons (Fsp3) is 0.357. The molecule has 5 rings (SSSR count). The number of hydrogen-bond acceptors (Lipinski definition) is 6. The van der Waals surface area contributed by atoms with Crippen molar-refractivity contribution in [2.75, 3.05) is 43.5 Å². The number of fused-ring (bicyclic) bond motifs is 1. The van der Waals surface area contributed by atoms with Crippen molar-refractivity contribution in [2.24, 2.45) is 0 Å². The molecule has 0 bridgehead atoms. The normalized spacial score (nSPS) is 14.0. The topological polar surface area (TPSA) is 88.4 Å². The first-order chi connectivity index (χ1) is 18.1. The van der Waals surface area contributed by atoms with Gasteiger partial charge in [0.25, 0.3) is 0 Å². The van der Waals surface area contributed by atoms with Crippen LogP contribution in [-0.4, -0.2) is 64.0 Å². The Bertz CT molecular complexity index is 1370. The maximum Gasteiger partial charge on any atom is 0.321 e. The number of carbonyl (C=O) groups excluding carboxylic acids is 1. The van der Waals surface area contributed by atoms with Gasteiger partial charge in [-0.15, -0.1) is 0 Å². The van der Waals surface area contributed by atoms with Gasteiger partial charge in [0, 0.05) is 38.3 Å². The lowest BCUT2D eigenvalue weighted by molar-refractivity contribution is 0.215. The third-order valence-corrected chi connectivity index (χ3v) is 6.63. The number of aryl methyl sites for hydroxylation is 2. The largest absolute Gasteiger partial charge is 0.497 e. The van der Waals surface area contributed by atoms with Crippen molar-refractivity contribution in [2.45, 2.75) is 33.1 Å². The van der Waals surface area contributed by atoms with Crippen LogP contribution in [0.4, 0.5) is 16.3 Å². The third kappa shape index (κ3) is 5.21. The number of urea groups is 1. The van der Waals surface area contributed by atoms with Crippen LogP contribution >= 0.6 is 0 Å². The summed E-state index contributed by atoms with van der Waals surface area (Å²) in [5.74, 6) is 2.49. The number of carbonyl (C=O) groups is 1. The van der Waals surface area contributed by atoms with Gasteiger partial charge in [-0.25, -0.2) is 19.4 Å². The first-order valence-corrected chi connectivity index (χ1v) is 12.8. The Labute approximate surface area is 217 Å². The third-order valence-electron chi connectivity index (χ3n) is 6.63. The standard InChI is InChI=1S/C28H33N7O2/c1-4-9-24-30-26(25-20(2)32-35(27(25)31-24)22-10-6-5-7-11-22)33-16-8-17-34(19-18-33)28(36)29-21-12-14-23(37-3)15-13-21/h5-7,10-15H,4,8-9,16-19H2,1-3H3,(H,29,36). The van der Waals surface area contributed by atoms with E-state index < -0.39 is 0 Å². The van der Waals surface area contributed by atoms with E-state index in [1.165, 1.54) is 0 Å². The summed E-state index contributed by atoms with van der Waals surface area (Å²) >= 11 is 0. The Kier molecular flexibility index (Phi) is 7.20. The smallest absolute Gasteiger partial charge is 0.321 e. The summed E-state index contributed by atoms with van der Waals surface area (Å²) in [6.07, 6.45) is 2.60. The summed E-state index contributed by atoms with van der Waals surface area (Å²) in [6.45, 7) is 6.92. The number of nitrogens with zero attached hydrogens (tertiary/aromatic N) is 6. The molecule has 37 heavy (non-hydrogen) atoms. The molecule has 2 aromatic carbocycles. The second-order valence-electron chi connectivity index (χ2n) is 9.23. The second-order valence-corrected chi connectivity index (χ2v) is 9.23. The molecule has 3 heterocycles. The van der Waals surface area contributed by atoms with Crippen molar-refractivity contribution in [3.8, 4) is 11.4 Å². The van der Waals surface area contributed by atoms with Crippen molar-refractivity contribution in [1.82, 2.24) is 24.6 Å². The molecule has 0 radical (unpaired) electrons. The summed E-state index contributed by atoms with van der Waals surface area (Å²) in [5.41, 5.74) is 3.45. The van der Waals surface area contributed by atoms with Crippen LogP contribution in [0.15, 0.2) is 54.6 Å². The maximum absolute atomic E-state index is 13.0. The molecule has 0 spiro atoms. The van der Waals surface area contributed by atoms with Crippen LogP contribution in [0.3, 0.4) is 0 Å². The minimum absolute atomic E-state index is 0.0976. The number of benzene rings is 2. The molecule has 4 aromatic rings. The van der Waals surface area contributed by atoms with Crippen LogP contribution in [0.5, 0.6) is 5.75 Å². The van der Waals surface area contributed by atoms with Crippen molar-refractivity contribution < 1.29 is 9.53 Å². The fourth-order valence-electron chi connectivity index (χ4n) is 4.73. The van der Waals surface area contributed by atoms with Gasteiger partial charge in [0.1, 0.15) is 17.4 Å². The number of aromatic nitrogens is 4. The zero-order valence-electron chi connectivity index (χ0n) is 21.6. The van der Waals surface area contributed by atoms with Gasteiger partial charge in [0.15, 0.2) is 5.65 Å². The average molecular weight is 500 g/mol. The summed E-state index contributed by atoms with van der Waals surface area (Å²) in [5, 5.41) is 8.82. The van der Waals surface area contributed by atoms with E-state index in [2.05, 4.69) is 17.1 Å². The monoisotopic (exact) mass is 499 g/mol. The molecular weight excluding hydrogens is 466 g/mol. The van der Waals surface area contributed by atoms with Crippen molar-refractivity contribution in [3.63, 3.8) is 0 Å². The van der Waals surface area contributed by atoms with E-state index in [1.54, 1.807) is 7.11 Å². The quantitative estimate of drug-likeness (QED) is 0.409. The number of ether oxygens (including phenoxy) is 1. The minimum atomic E-state index is -0.0976. The number of hydrogen-bond donors (Lipinski definition) is 1. The molecule has 192 valence electrons. The van der Waals surface area contributed by atoms with E-state index in [4.69, 9.17) is 19.8 Å². The Hall–Kier alpha value is -4.14. The molecule has 0 atom stereocenters. The van der Waals surface area contributed by atoms with Gasteiger partial charge < -0.3 is 19.9 Å². The lowest BCUT2D eigenvalue weighted by Gasteiger charge is -2.24. The number of amides is 2. The maximum atomic E-state index is 13.0. The summed E-state index contributed by atoms with van der Waals surface area (Å²) in [7, 11) is 1.63. The minimum Gasteiger partial charge on any atom is -0.497 e. The number of nitrogens with one attached hydrogen (secondary N) is 1. The molecule has 0 aliphatic carbocycles. The molecule has 9 heteroatoms. The number of rotatable bonds is 6. The van der Waals surface area contributed by atoms with E-state index in [-0.39, 0.29) is 6.03 Å². The SMILES string of the molecule is CCCc1nc(N2CCCN(C(=O)Nc3ccc(OC)cc3)CC2)c2c(C)nn(-c3ccccc3)c2n1. The molecule has 0 saturated carbocycles. The number of para-hydroxylation sites is 1. The van der Waals surface area contributed by atoms with Crippen LogP contribution in [0.1, 0.15) is 31.3 Å². The Morgan fingerprint density at radius 1 is 1.00 bits per heavy atom. The molecular formula is C28H33N7O2. The van der Waals surface area contributed by atoms with Crippen LogP contribution < -0.4 is 15.0 Å². The highest BCUT2D eigenvalue weighted by Gasteiger charge is 2.25. The lowest BCUT2D eigenvalue weighted by atomic mass is 10.2. The number of methoxy groups -OCH3 is 1. The molecule has 1 fully saturated rings. The Balaban J connectivity index is 1.40. The molecule has 1 N–H and O–H groups in total. The Morgan fingerprint density at radius 2 is 1.78 bits per heavy atom. The molecule has 1 saturated heterocycles. The van der Waals surface area contributed by atoms with Gasteiger partial charge in [-0.1, -0.05) is 25.1 Å². The summed E-state index contributed by atoms with van der Waals surface area (Å²) in [4.78, 5) is 27.1. The summed E-state index contributed by atoms with van der Waals surface area (Å²) in [6, 6.07) is 17.4. The first-order valence-electron chi connectivity index (χ1n) is 12.8. The van der Waals surface area contributed by atoms with Crippen molar-refractivity contribution in [1.29, 1.82) is 0 Å². The molecule has 1 aliphatic heterocycles. The average Bonchev–Trinajstić information content (AvgIpc) is 3.09. The zero-order valence-corrected chi connectivity index (χ0v) is 21.6. The zero-order chi connectivity index (χ0) is 25.8. The Morgan fingerprint density at radius 3 is 2.51 bits per heavy atom. The van der Waals surface area contributed by atoms with Crippen LogP contribution in [0, 0.1) is 6.92 Å². The number of anilines is 2. The summed E-state index contributed by atoms with van der Waals surface area (Å²) < 4.78 is 7.12. The molecule has 9 nitrogen and oxygen atoms in total. The highest BCUT2D eigenvalue weighted by molar-refractivity contribution is 5.91. The van der Waals surface area contributed by atoms with Gasteiger partial charge in [-0.05, 0) is 56.2 Å². The highest BCUT2D eigenvalue weighted by atomic mass is 16.5. The molecule has 2 amide bonds.